The van der Waals surface area contributed by atoms with Crippen molar-refractivity contribution in [3.63, 3.8) is 0 Å². The molecule has 11 atom stereocenters. The molecular formula is C45H59N3O9. The van der Waals surface area contributed by atoms with Crippen molar-refractivity contribution in [2.24, 2.45) is 34.5 Å². The number of aliphatic hydroxyl groups excluding tert-OH is 1. The van der Waals surface area contributed by atoms with Crippen LogP contribution in [0.5, 0.6) is 0 Å². The number of fused-ring (bicyclic) bond motifs is 6. The average molecular weight is 786 g/mol. The maximum Gasteiger partial charge on any atom is 0.327 e. The van der Waals surface area contributed by atoms with Crippen LogP contribution in [0.15, 0.2) is 29.8 Å². The largest absolute Gasteiger partial charge is 0.458 e. The van der Waals surface area contributed by atoms with E-state index < -0.39 is 53.7 Å². The van der Waals surface area contributed by atoms with Gasteiger partial charge in [-0.2, -0.15) is 5.06 Å². The first-order valence-corrected chi connectivity index (χ1v) is 22.1. The molecule has 0 spiro atoms. The topological polar surface area (TPSA) is 139 Å². The Labute approximate surface area is 335 Å². The molecule has 0 aromatic heterocycles. The molecule has 1 aromatic carbocycles. The molecule has 0 radical (unpaired) electrons. The van der Waals surface area contributed by atoms with Gasteiger partial charge < -0.3 is 34.3 Å². The van der Waals surface area contributed by atoms with Crippen LogP contribution < -0.4 is 5.32 Å². The molecule has 5 saturated heterocycles. The highest BCUT2D eigenvalue weighted by atomic mass is 16.8. The summed E-state index contributed by atoms with van der Waals surface area (Å²) in [5.41, 5.74) is 2.55. The Morgan fingerprint density at radius 3 is 2.49 bits per heavy atom. The number of benzene rings is 1. The van der Waals surface area contributed by atoms with Crippen LogP contribution in [-0.2, 0) is 44.7 Å². The maximum absolute atomic E-state index is 15.4. The van der Waals surface area contributed by atoms with E-state index in [1.165, 1.54) is 18.4 Å². The molecule has 11 rings (SSSR count). The van der Waals surface area contributed by atoms with E-state index in [2.05, 4.69) is 50.4 Å². The van der Waals surface area contributed by atoms with Crippen LogP contribution >= 0.6 is 0 Å². The van der Waals surface area contributed by atoms with Gasteiger partial charge in [-0.05, 0) is 106 Å². The number of likely N-dealkylation sites (tertiary alicyclic amines) is 1. The Morgan fingerprint density at radius 2 is 1.74 bits per heavy atom. The van der Waals surface area contributed by atoms with Gasteiger partial charge in [-0.25, -0.2) is 0 Å². The summed E-state index contributed by atoms with van der Waals surface area (Å²) in [5.74, 6) is -0.0776. The summed E-state index contributed by atoms with van der Waals surface area (Å²) in [6.07, 6.45) is 11.1. The van der Waals surface area contributed by atoms with E-state index in [9.17, 15) is 14.7 Å². The fraction of sp³-hybridized carbons (Fsp3) is 0.756. The number of aliphatic hydroxyl groups is 1. The van der Waals surface area contributed by atoms with Crippen LogP contribution in [0.3, 0.4) is 0 Å². The van der Waals surface area contributed by atoms with Crippen LogP contribution in [0, 0.1) is 34.5 Å². The standard InChI is InChI=1S/C45H59N3O9/c1-42(2)22-30-26(10-15-34-43(3,54-34)17-16-31(30)42)21-25-7-4-5-8-27(25)24-48-37-40(51)53-33-23-44(37,41(52)47-19-6-9-32(47)39(50)46-18-20-49)38(57-48)36-35(33)55-45(56-36,28-11-12-28)29-13-14-29/h4-5,7-8,21,28-38,49H,6,9-20,22-24H2,1-3H3,(H,46,50)/t30-,31-,32-,33-,34?,35+,36+,37+,38-,43-,44+/m1/s1. The number of nitrogens with one attached hydrogen (secondary N) is 1. The van der Waals surface area contributed by atoms with E-state index in [1.807, 2.05) is 6.07 Å². The zero-order chi connectivity index (χ0) is 39.1. The van der Waals surface area contributed by atoms with Gasteiger partial charge in [0.05, 0.1) is 24.9 Å². The zero-order valence-electron chi connectivity index (χ0n) is 33.7. The molecule has 5 aliphatic heterocycles. The molecule has 12 nitrogen and oxygen atoms in total. The summed E-state index contributed by atoms with van der Waals surface area (Å²) < 4.78 is 26.7. The molecule has 2 N–H and O–H groups in total. The van der Waals surface area contributed by atoms with Gasteiger partial charge in [0.2, 0.25) is 11.8 Å². The minimum atomic E-state index is -1.33. The van der Waals surface area contributed by atoms with E-state index in [4.69, 9.17) is 23.8 Å². The van der Waals surface area contributed by atoms with Crippen molar-refractivity contribution in [2.45, 2.75) is 158 Å². The first kappa shape index (κ1) is 37.2. The smallest absolute Gasteiger partial charge is 0.327 e. The van der Waals surface area contributed by atoms with Gasteiger partial charge in [0, 0.05) is 31.3 Å². The van der Waals surface area contributed by atoms with Gasteiger partial charge >= 0.3 is 5.97 Å². The van der Waals surface area contributed by atoms with Crippen LogP contribution in [0.25, 0.3) is 6.08 Å². The number of carbonyl (C=O) groups excluding carboxylic acids is 3. The van der Waals surface area contributed by atoms with Crippen LogP contribution in [-0.4, -0.2) is 107 Å². The number of nitrogens with zero attached hydrogens (tertiary/aromatic N) is 2. The van der Waals surface area contributed by atoms with Crippen molar-refractivity contribution in [3.8, 4) is 0 Å². The fourth-order valence-corrected chi connectivity index (χ4v) is 12.9. The molecule has 10 aliphatic rings. The Kier molecular flexibility index (Phi) is 8.51. The van der Waals surface area contributed by atoms with Crippen LogP contribution in [0.4, 0.5) is 0 Å². The molecule has 10 fully saturated rings. The second-order valence-electron chi connectivity index (χ2n) is 20.1. The number of epoxide rings is 1. The highest BCUT2D eigenvalue weighted by Crippen LogP contribution is 2.65. The monoisotopic (exact) mass is 785 g/mol. The number of hydroxylamine groups is 2. The second-order valence-corrected chi connectivity index (χ2v) is 20.1. The lowest BCUT2D eigenvalue weighted by molar-refractivity contribution is -0.235. The lowest BCUT2D eigenvalue weighted by Gasteiger charge is -2.53. The number of rotatable bonds is 9. The fourth-order valence-electron chi connectivity index (χ4n) is 12.9. The number of hydrogen-bond acceptors (Lipinski definition) is 10. The van der Waals surface area contributed by atoms with E-state index in [0.29, 0.717) is 42.7 Å². The number of allylic oxidation sites excluding steroid dienone is 1. The van der Waals surface area contributed by atoms with Crippen molar-refractivity contribution in [2.75, 3.05) is 19.7 Å². The highest BCUT2D eigenvalue weighted by molar-refractivity contribution is 5.96. The molecule has 5 aliphatic carbocycles. The number of hydrogen-bond donors (Lipinski definition) is 2. The molecular weight excluding hydrogens is 727 g/mol. The first-order valence-electron chi connectivity index (χ1n) is 22.1. The van der Waals surface area contributed by atoms with E-state index in [-0.39, 0.29) is 55.4 Å². The summed E-state index contributed by atoms with van der Waals surface area (Å²) in [6.45, 7) is 7.70. The second kappa shape index (κ2) is 13.1. The number of carbonyl (C=O) groups is 3. The van der Waals surface area contributed by atoms with Gasteiger partial charge in [0.1, 0.15) is 35.9 Å². The average Bonchev–Trinajstić information content (AvgIpc) is 4.16. The molecule has 5 saturated carbocycles. The maximum atomic E-state index is 15.4. The normalized spacial score (nSPS) is 43.2. The Hall–Kier alpha value is -2.87. The summed E-state index contributed by atoms with van der Waals surface area (Å²) in [6, 6.07) is 6.64. The molecule has 2 bridgehead atoms. The third kappa shape index (κ3) is 5.70. The molecule has 12 heteroatoms. The number of esters is 1. The third-order valence-electron chi connectivity index (χ3n) is 16.2. The summed E-state index contributed by atoms with van der Waals surface area (Å²) in [7, 11) is 0. The lowest BCUT2D eigenvalue weighted by Crippen LogP contribution is -2.70. The first-order chi connectivity index (χ1) is 27.5. The van der Waals surface area contributed by atoms with Gasteiger partial charge in [0.15, 0.2) is 11.8 Å². The molecule has 1 aromatic rings. The zero-order valence-corrected chi connectivity index (χ0v) is 33.7. The molecule has 2 amide bonds. The van der Waals surface area contributed by atoms with Crippen molar-refractivity contribution in [1.82, 2.24) is 15.3 Å². The van der Waals surface area contributed by atoms with Crippen molar-refractivity contribution in [3.05, 3.63) is 41.0 Å². The van der Waals surface area contributed by atoms with Crippen molar-refractivity contribution < 1.29 is 43.3 Å². The van der Waals surface area contributed by atoms with Gasteiger partial charge in [-0.1, -0.05) is 49.8 Å². The van der Waals surface area contributed by atoms with Crippen LogP contribution in [0.1, 0.15) is 109 Å². The predicted octanol–water partition coefficient (Wildman–Crippen LogP) is 4.66. The minimum absolute atomic E-state index is 0.0107. The van der Waals surface area contributed by atoms with E-state index in [0.717, 1.165) is 56.1 Å². The SMILES string of the molecule is CC1(C)C[C@@H]2C(=Cc3ccccc3CN3O[C@@H]4[C@H]5OC(C6CC6)(C6CC6)O[C@H]5[C@H]5C[C@]4(C(=O)N4CCC[C@@H]4C(=O)NCCO)[C@@H]3C(=O)O5)CCC3O[C@]3(C)CC[C@H]21. The quantitative estimate of drug-likeness (QED) is 0.269. The third-order valence-corrected chi connectivity index (χ3v) is 16.2. The predicted molar refractivity (Wildman–Crippen MR) is 205 cm³/mol. The van der Waals surface area contributed by atoms with E-state index in [1.54, 1.807) is 9.96 Å². The number of ether oxygens (including phenoxy) is 4. The number of amides is 2. The highest BCUT2D eigenvalue weighted by Gasteiger charge is 2.78. The summed E-state index contributed by atoms with van der Waals surface area (Å²) in [4.78, 5) is 52.1. The van der Waals surface area contributed by atoms with Crippen molar-refractivity contribution >= 4 is 23.9 Å². The Balaban J connectivity index is 0.949. The van der Waals surface area contributed by atoms with Crippen molar-refractivity contribution in [1.29, 1.82) is 0 Å². The summed E-state index contributed by atoms with van der Waals surface area (Å²) >= 11 is 0. The Morgan fingerprint density at radius 1 is 0.965 bits per heavy atom. The van der Waals surface area contributed by atoms with Gasteiger partial charge in [-0.3, -0.25) is 19.2 Å². The minimum Gasteiger partial charge on any atom is -0.458 e. The molecule has 1 unspecified atom stereocenters. The molecule has 57 heavy (non-hydrogen) atoms. The van der Waals surface area contributed by atoms with E-state index >= 15 is 4.79 Å². The molecule has 5 heterocycles. The summed E-state index contributed by atoms with van der Waals surface area (Å²) in [5, 5.41) is 13.9. The molecule has 308 valence electrons. The van der Waals surface area contributed by atoms with Gasteiger partial charge in [0.25, 0.3) is 0 Å². The Bertz CT molecular complexity index is 1860. The van der Waals surface area contributed by atoms with Gasteiger partial charge in [-0.15, -0.1) is 0 Å². The van der Waals surface area contributed by atoms with Crippen LogP contribution in [0.2, 0.25) is 0 Å². The lowest BCUT2D eigenvalue weighted by atomic mass is 9.52.